The summed E-state index contributed by atoms with van der Waals surface area (Å²) in [6.45, 7) is 1.97. The quantitative estimate of drug-likeness (QED) is 0.501. The standard InChI is InChI=1S/C23H25F2NO2/c1-2-28-22(27)21(19-13-15-23(24,25)16-14-19)26-20(17-9-5-3-6-10-17)18-11-7-4-8-12-18/h3-12,19,21H,2,13-16H2,1H3. The van der Waals surface area contributed by atoms with E-state index in [1.807, 2.05) is 60.7 Å². The molecule has 1 saturated carbocycles. The zero-order valence-electron chi connectivity index (χ0n) is 16.0. The molecule has 2 aromatic carbocycles. The summed E-state index contributed by atoms with van der Waals surface area (Å²) < 4.78 is 32.5. The summed E-state index contributed by atoms with van der Waals surface area (Å²) in [6, 6.07) is 18.4. The Morgan fingerprint density at radius 3 is 2.00 bits per heavy atom. The first-order valence-corrected chi connectivity index (χ1v) is 9.73. The summed E-state index contributed by atoms with van der Waals surface area (Å²) in [5.74, 6) is -3.34. The van der Waals surface area contributed by atoms with Gasteiger partial charge in [0.15, 0.2) is 6.04 Å². The predicted octanol–water partition coefficient (Wildman–Crippen LogP) is 5.28. The first-order chi connectivity index (χ1) is 13.5. The number of esters is 1. The van der Waals surface area contributed by atoms with Gasteiger partial charge in [0.1, 0.15) is 0 Å². The van der Waals surface area contributed by atoms with Crippen LogP contribution in [-0.4, -0.2) is 30.3 Å². The normalized spacial score (nSPS) is 17.5. The molecule has 1 fully saturated rings. The van der Waals surface area contributed by atoms with Crippen LogP contribution in [0.5, 0.6) is 0 Å². The number of aliphatic imine (C=N–C) groups is 1. The Labute approximate surface area is 164 Å². The van der Waals surface area contributed by atoms with E-state index in [1.165, 1.54) is 0 Å². The largest absolute Gasteiger partial charge is 0.464 e. The van der Waals surface area contributed by atoms with E-state index in [9.17, 15) is 13.6 Å². The molecule has 148 valence electrons. The van der Waals surface area contributed by atoms with Gasteiger partial charge in [-0.3, -0.25) is 4.99 Å². The SMILES string of the molecule is CCOC(=O)C(N=C(c1ccccc1)c1ccccc1)C1CCC(F)(F)CC1. The van der Waals surface area contributed by atoms with Crippen LogP contribution in [0.2, 0.25) is 0 Å². The van der Waals surface area contributed by atoms with Gasteiger partial charge in [-0.1, -0.05) is 60.7 Å². The molecule has 0 spiro atoms. The highest BCUT2D eigenvalue weighted by molar-refractivity contribution is 6.13. The number of halogens is 2. The number of hydrogen-bond acceptors (Lipinski definition) is 3. The summed E-state index contributed by atoms with van der Waals surface area (Å²) in [5.41, 5.74) is 2.44. The van der Waals surface area contributed by atoms with Crippen molar-refractivity contribution >= 4 is 11.7 Å². The molecule has 0 radical (unpaired) electrons. The van der Waals surface area contributed by atoms with Crippen molar-refractivity contribution in [2.75, 3.05) is 6.61 Å². The number of carbonyl (C=O) groups excluding carboxylic acids is 1. The Bertz CT molecular complexity index is 754. The molecule has 0 N–H and O–H groups in total. The first-order valence-electron chi connectivity index (χ1n) is 9.73. The van der Waals surface area contributed by atoms with E-state index in [0.29, 0.717) is 5.71 Å². The fraction of sp³-hybridized carbons (Fsp3) is 0.391. The zero-order chi connectivity index (χ0) is 20.0. The molecular weight excluding hydrogens is 360 g/mol. The molecule has 0 amide bonds. The zero-order valence-corrected chi connectivity index (χ0v) is 16.0. The molecule has 0 heterocycles. The first kappa shape index (κ1) is 20.2. The summed E-state index contributed by atoms with van der Waals surface area (Å²) in [7, 11) is 0. The lowest BCUT2D eigenvalue weighted by atomic mass is 9.82. The molecule has 1 aliphatic carbocycles. The van der Waals surface area contributed by atoms with E-state index in [4.69, 9.17) is 9.73 Å². The average molecular weight is 385 g/mol. The van der Waals surface area contributed by atoms with Crippen LogP contribution in [-0.2, 0) is 9.53 Å². The van der Waals surface area contributed by atoms with Crippen molar-refractivity contribution in [1.29, 1.82) is 0 Å². The van der Waals surface area contributed by atoms with Gasteiger partial charge >= 0.3 is 5.97 Å². The highest BCUT2D eigenvalue weighted by Gasteiger charge is 2.40. The molecule has 28 heavy (non-hydrogen) atoms. The van der Waals surface area contributed by atoms with Crippen molar-refractivity contribution in [3.63, 3.8) is 0 Å². The van der Waals surface area contributed by atoms with E-state index < -0.39 is 17.9 Å². The molecule has 2 aromatic rings. The Morgan fingerprint density at radius 2 is 1.54 bits per heavy atom. The van der Waals surface area contributed by atoms with Crippen molar-refractivity contribution in [3.05, 3.63) is 71.8 Å². The van der Waals surface area contributed by atoms with Crippen LogP contribution < -0.4 is 0 Å². The van der Waals surface area contributed by atoms with Gasteiger partial charge in [-0.25, -0.2) is 13.6 Å². The molecule has 1 aliphatic rings. The fourth-order valence-electron chi connectivity index (χ4n) is 3.60. The van der Waals surface area contributed by atoms with E-state index in [1.54, 1.807) is 6.92 Å². The van der Waals surface area contributed by atoms with Gasteiger partial charge in [-0.05, 0) is 25.7 Å². The Kier molecular flexibility index (Phi) is 6.55. The van der Waals surface area contributed by atoms with Gasteiger partial charge in [-0.15, -0.1) is 0 Å². The number of benzene rings is 2. The van der Waals surface area contributed by atoms with Crippen LogP contribution in [0.1, 0.15) is 43.7 Å². The lowest BCUT2D eigenvalue weighted by Crippen LogP contribution is -2.36. The fourth-order valence-corrected chi connectivity index (χ4v) is 3.60. The Balaban J connectivity index is 2.00. The highest BCUT2D eigenvalue weighted by atomic mass is 19.3. The summed E-state index contributed by atoms with van der Waals surface area (Å²) in [5, 5.41) is 0. The monoisotopic (exact) mass is 385 g/mol. The van der Waals surface area contributed by atoms with Gasteiger partial charge in [0.05, 0.1) is 12.3 Å². The van der Waals surface area contributed by atoms with E-state index in [0.717, 1.165) is 11.1 Å². The lowest BCUT2D eigenvalue weighted by molar-refractivity contribution is -0.147. The number of alkyl halides is 2. The molecule has 3 rings (SSSR count). The summed E-state index contributed by atoms with van der Waals surface area (Å²) in [6.07, 6.45) is 0.0951. The molecule has 1 unspecified atom stereocenters. The second kappa shape index (κ2) is 9.09. The van der Waals surface area contributed by atoms with Crippen LogP contribution in [0.25, 0.3) is 0 Å². The van der Waals surface area contributed by atoms with Crippen molar-refractivity contribution in [1.82, 2.24) is 0 Å². The van der Waals surface area contributed by atoms with Gasteiger partial charge in [0, 0.05) is 24.0 Å². The van der Waals surface area contributed by atoms with Gasteiger partial charge in [0.25, 0.3) is 0 Å². The van der Waals surface area contributed by atoms with Crippen LogP contribution >= 0.6 is 0 Å². The molecule has 0 bridgehead atoms. The van der Waals surface area contributed by atoms with E-state index >= 15 is 0 Å². The van der Waals surface area contributed by atoms with E-state index in [2.05, 4.69) is 0 Å². The predicted molar refractivity (Wildman–Crippen MR) is 106 cm³/mol. The molecule has 3 nitrogen and oxygen atoms in total. The third-order valence-electron chi connectivity index (χ3n) is 5.10. The minimum atomic E-state index is -2.65. The topological polar surface area (TPSA) is 38.7 Å². The Hall–Kier alpha value is -2.56. The van der Waals surface area contributed by atoms with Crippen LogP contribution in [0.3, 0.4) is 0 Å². The van der Waals surface area contributed by atoms with Crippen molar-refractivity contribution in [2.45, 2.75) is 44.6 Å². The number of rotatable bonds is 6. The minimum absolute atomic E-state index is 0.213. The second-order valence-electron chi connectivity index (χ2n) is 7.10. The smallest absolute Gasteiger partial charge is 0.331 e. The maximum atomic E-state index is 13.6. The highest BCUT2D eigenvalue weighted by Crippen LogP contribution is 2.38. The molecule has 0 aliphatic heterocycles. The molecular formula is C23H25F2NO2. The van der Waals surface area contributed by atoms with Crippen LogP contribution in [0.4, 0.5) is 8.78 Å². The number of ether oxygens (including phenoxy) is 1. The minimum Gasteiger partial charge on any atom is -0.464 e. The third kappa shape index (κ3) is 5.03. The molecule has 5 heteroatoms. The van der Waals surface area contributed by atoms with Gasteiger partial charge < -0.3 is 4.74 Å². The molecule has 0 saturated heterocycles. The van der Waals surface area contributed by atoms with Gasteiger partial charge in [0.2, 0.25) is 5.92 Å². The second-order valence-corrected chi connectivity index (χ2v) is 7.10. The van der Waals surface area contributed by atoms with Crippen LogP contribution in [0.15, 0.2) is 65.7 Å². The summed E-state index contributed by atoms with van der Waals surface area (Å²) in [4.78, 5) is 17.5. The molecule has 0 aromatic heterocycles. The van der Waals surface area contributed by atoms with Crippen molar-refractivity contribution < 1.29 is 18.3 Å². The number of nitrogens with zero attached hydrogens (tertiary/aromatic N) is 1. The number of hydrogen-bond donors (Lipinski definition) is 0. The Morgan fingerprint density at radius 1 is 1.04 bits per heavy atom. The summed E-state index contributed by atoms with van der Waals surface area (Å²) >= 11 is 0. The maximum Gasteiger partial charge on any atom is 0.331 e. The van der Waals surface area contributed by atoms with Crippen molar-refractivity contribution in [3.8, 4) is 0 Å². The van der Waals surface area contributed by atoms with Gasteiger partial charge in [-0.2, -0.15) is 0 Å². The van der Waals surface area contributed by atoms with Crippen molar-refractivity contribution in [2.24, 2.45) is 10.9 Å². The average Bonchev–Trinajstić information content (AvgIpc) is 2.71. The maximum absolute atomic E-state index is 13.6. The lowest BCUT2D eigenvalue weighted by Gasteiger charge is -2.31. The van der Waals surface area contributed by atoms with Crippen LogP contribution in [0, 0.1) is 5.92 Å². The molecule has 1 atom stereocenters. The van der Waals surface area contributed by atoms with E-state index in [-0.39, 0.29) is 38.2 Å². The third-order valence-corrected chi connectivity index (χ3v) is 5.10. The number of carbonyl (C=O) groups is 1.